The Morgan fingerprint density at radius 1 is 0.976 bits per heavy atom. The number of aromatic nitrogens is 5. The molecule has 2 heterocycles. The Hall–Kier alpha value is -4.60. The second-order valence-corrected chi connectivity index (χ2v) is 11.7. The summed E-state index contributed by atoms with van der Waals surface area (Å²) in [5.74, 6) is 0.292. The number of aryl methyl sites for hydroxylation is 2. The van der Waals surface area contributed by atoms with Crippen molar-refractivity contribution in [1.82, 2.24) is 30.9 Å². The van der Waals surface area contributed by atoms with Crippen molar-refractivity contribution in [3.8, 4) is 22.5 Å². The number of hydrogen-bond acceptors (Lipinski definition) is 8. The highest BCUT2D eigenvalue weighted by Crippen LogP contribution is 2.34. The fourth-order valence-corrected chi connectivity index (χ4v) is 4.57. The SMILES string of the molecule is Cc1ccc(-c2c(CNC(=O)OC(C)(C)C)c(CC(C)C)nc(C)c2C(=O)OCc2ccc(-c3nn[nH]n3)cc2)cc1. The molecule has 0 radical (unpaired) electrons. The first-order valence-corrected chi connectivity index (χ1v) is 14.0. The van der Waals surface area contributed by atoms with Crippen LogP contribution in [-0.2, 0) is 29.0 Å². The predicted octanol–water partition coefficient (Wildman–Crippen LogP) is 6.13. The van der Waals surface area contributed by atoms with Crippen LogP contribution in [0.25, 0.3) is 22.5 Å². The summed E-state index contributed by atoms with van der Waals surface area (Å²) in [6, 6.07) is 15.4. The average molecular weight is 571 g/mol. The molecular formula is C32H38N6O4. The summed E-state index contributed by atoms with van der Waals surface area (Å²) in [6.45, 7) is 13.7. The van der Waals surface area contributed by atoms with Gasteiger partial charge >= 0.3 is 12.1 Å². The molecule has 220 valence electrons. The molecule has 2 aromatic carbocycles. The summed E-state index contributed by atoms with van der Waals surface area (Å²) in [7, 11) is 0. The number of benzene rings is 2. The van der Waals surface area contributed by atoms with Crippen LogP contribution in [0.1, 0.15) is 73.1 Å². The van der Waals surface area contributed by atoms with E-state index in [0.717, 1.165) is 33.5 Å². The number of pyridine rings is 1. The molecule has 2 aromatic heterocycles. The van der Waals surface area contributed by atoms with Crippen LogP contribution in [0.3, 0.4) is 0 Å². The number of esters is 1. The van der Waals surface area contributed by atoms with Gasteiger partial charge in [0, 0.05) is 28.9 Å². The zero-order chi connectivity index (χ0) is 30.4. The number of ether oxygens (including phenoxy) is 2. The van der Waals surface area contributed by atoms with E-state index in [1.54, 1.807) is 0 Å². The van der Waals surface area contributed by atoms with Gasteiger partial charge in [-0.2, -0.15) is 5.21 Å². The minimum atomic E-state index is -0.644. The van der Waals surface area contributed by atoms with Crippen LogP contribution in [0, 0.1) is 19.8 Å². The van der Waals surface area contributed by atoms with Gasteiger partial charge in [0.2, 0.25) is 5.82 Å². The number of aromatic amines is 1. The third-order valence-electron chi connectivity index (χ3n) is 6.45. The van der Waals surface area contributed by atoms with Gasteiger partial charge in [-0.25, -0.2) is 9.59 Å². The summed E-state index contributed by atoms with van der Waals surface area (Å²) in [6.07, 6.45) is 0.134. The number of carbonyl (C=O) groups is 2. The maximum Gasteiger partial charge on any atom is 0.407 e. The minimum Gasteiger partial charge on any atom is -0.457 e. The van der Waals surface area contributed by atoms with Gasteiger partial charge in [0.25, 0.3) is 0 Å². The maximum atomic E-state index is 13.8. The quantitative estimate of drug-likeness (QED) is 0.230. The standard InChI is InChI=1S/C32H38N6O4/c1-19(2)16-26-25(17-33-31(40)42-32(5,6)7)28(23-12-8-20(3)9-13-23)27(21(4)34-26)30(39)41-18-22-10-14-24(15-11-22)29-35-37-38-36-29/h8-15,19H,16-18H2,1-7H3,(H,33,40)(H,35,36,37,38). The Morgan fingerprint density at radius 3 is 2.24 bits per heavy atom. The Labute approximate surface area is 246 Å². The molecule has 0 unspecified atom stereocenters. The number of carbonyl (C=O) groups excluding carboxylic acids is 2. The average Bonchev–Trinajstić information content (AvgIpc) is 3.45. The van der Waals surface area contributed by atoms with Crippen molar-refractivity contribution in [2.75, 3.05) is 0 Å². The molecule has 0 aliphatic heterocycles. The van der Waals surface area contributed by atoms with Gasteiger partial charge in [0.15, 0.2) is 0 Å². The van der Waals surface area contributed by atoms with Crippen LogP contribution in [-0.4, -0.2) is 43.3 Å². The van der Waals surface area contributed by atoms with E-state index >= 15 is 0 Å². The molecular weight excluding hydrogens is 532 g/mol. The molecule has 10 heteroatoms. The summed E-state index contributed by atoms with van der Waals surface area (Å²) in [5, 5.41) is 16.9. The van der Waals surface area contributed by atoms with Gasteiger partial charge < -0.3 is 14.8 Å². The van der Waals surface area contributed by atoms with E-state index in [9.17, 15) is 9.59 Å². The Kier molecular flexibility index (Phi) is 9.35. The second kappa shape index (κ2) is 12.9. The van der Waals surface area contributed by atoms with E-state index in [1.807, 2.05) is 83.1 Å². The third kappa shape index (κ3) is 7.78. The molecule has 0 aliphatic rings. The third-order valence-corrected chi connectivity index (χ3v) is 6.45. The van der Waals surface area contributed by atoms with Crippen molar-refractivity contribution >= 4 is 12.1 Å². The molecule has 1 amide bonds. The van der Waals surface area contributed by atoms with E-state index in [0.29, 0.717) is 35.0 Å². The summed E-state index contributed by atoms with van der Waals surface area (Å²) in [5.41, 5.74) is 6.12. The molecule has 0 aliphatic carbocycles. The Bertz CT molecular complexity index is 1520. The van der Waals surface area contributed by atoms with Crippen LogP contribution in [0.4, 0.5) is 4.79 Å². The van der Waals surface area contributed by atoms with E-state index in [1.165, 1.54) is 0 Å². The van der Waals surface area contributed by atoms with Gasteiger partial charge in [0.05, 0.1) is 11.3 Å². The molecule has 0 saturated carbocycles. The smallest absolute Gasteiger partial charge is 0.407 e. The normalized spacial score (nSPS) is 11.4. The molecule has 42 heavy (non-hydrogen) atoms. The van der Waals surface area contributed by atoms with Gasteiger partial charge in [-0.15, -0.1) is 10.2 Å². The molecule has 4 rings (SSSR count). The molecule has 0 saturated heterocycles. The number of H-pyrrole nitrogens is 1. The van der Waals surface area contributed by atoms with Crippen LogP contribution in [0.2, 0.25) is 0 Å². The van der Waals surface area contributed by atoms with E-state index in [2.05, 4.69) is 39.8 Å². The fraction of sp³-hybridized carbons (Fsp3) is 0.375. The first kappa shape index (κ1) is 30.4. The van der Waals surface area contributed by atoms with Crippen LogP contribution >= 0.6 is 0 Å². The number of amides is 1. The lowest BCUT2D eigenvalue weighted by atomic mass is 9.89. The molecule has 0 fully saturated rings. The first-order valence-electron chi connectivity index (χ1n) is 14.0. The first-order chi connectivity index (χ1) is 19.9. The molecule has 0 spiro atoms. The highest BCUT2D eigenvalue weighted by molar-refractivity contribution is 5.99. The van der Waals surface area contributed by atoms with Crippen molar-refractivity contribution in [3.05, 3.63) is 82.2 Å². The molecule has 0 bridgehead atoms. The van der Waals surface area contributed by atoms with Crippen molar-refractivity contribution in [2.45, 2.75) is 73.6 Å². The van der Waals surface area contributed by atoms with E-state index < -0.39 is 17.7 Å². The zero-order valence-corrected chi connectivity index (χ0v) is 25.2. The fourth-order valence-electron chi connectivity index (χ4n) is 4.57. The van der Waals surface area contributed by atoms with Crippen LogP contribution in [0.5, 0.6) is 0 Å². The lowest BCUT2D eigenvalue weighted by molar-refractivity contribution is 0.0471. The van der Waals surface area contributed by atoms with Crippen LogP contribution in [0.15, 0.2) is 48.5 Å². The number of alkyl carbamates (subject to hydrolysis) is 1. The van der Waals surface area contributed by atoms with E-state index in [4.69, 9.17) is 14.5 Å². The minimum absolute atomic E-state index is 0.0668. The monoisotopic (exact) mass is 570 g/mol. The number of tetrazole rings is 1. The van der Waals surface area contributed by atoms with Gasteiger partial charge in [0.1, 0.15) is 12.2 Å². The molecule has 10 nitrogen and oxygen atoms in total. The molecule has 2 N–H and O–H groups in total. The highest BCUT2D eigenvalue weighted by Gasteiger charge is 2.26. The number of nitrogens with zero attached hydrogens (tertiary/aromatic N) is 4. The molecule has 0 atom stereocenters. The maximum absolute atomic E-state index is 13.8. The number of hydrogen-bond donors (Lipinski definition) is 2. The number of nitrogens with one attached hydrogen (secondary N) is 2. The van der Waals surface area contributed by atoms with Crippen molar-refractivity contribution < 1.29 is 19.1 Å². The van der Waals surface area contributed by atoms with Crippen molar-refractivity contribution in [1.29, 1.82) is 0 Å². The Balaban J connectivity index is 1.71. The largest absolute Gasteiger partial charge is 0.457 e. The van der Waals surface area contributed by atoms with E-state index in [-0.39, 0.29) is 13.2 Å². The predicted molar refractivity (Wildman–Crippen MR) is 159 cm³/mol. The molecule has 4 aromatic rings. The lowest BCUT2D eigenvalue weighted by Gasteiger charge is -2.23. The zero-order valence-electron chi connectivity index (χ0n) is 25.2. The summed E-state index contributed by atoms with van der Waals surface area (Å²) >= 11 is 0. The van der Waals surface area contributed by atoms with Crippen LogP contribution < -0.4 is 5.32 Å². The van der Waals surface area contributed by atoms with Gasteiger partial charge in [-0.1, -0.05) is 67.9 Å². The summed E-state index contributed by atoms with van der Waals surface area (Å²) in [4.78, 5) is 31.3. The van der Waals surface area contributed by atoms with Crippen molar-refractivity contribution in [3.63, 3.8) is 0 Å². The van der Waals surface area contributed by atoms with Gasteiger partial charge in [-0.3, -0.25) is 4.98 Å². The topological polar surface area (TPSA) is 132 Å². The van der Waals surface area contributed by atoms with Crippen molar-refractivity contribution in [2.24, 2.45) is 5.92 Å². The summed E-state index contributed by atoms with van der Waals surface area (Å²) < 4.78 is 11.3. The highest BCUT2D eigenvalue weighted by atomic mass is 16.6. The van der Waals surface area contributed by atoms with Gasteiger partial charge in [-0.05, 0) is 63.3 Å². The number of rotatable bonds is 9. The lowest BCUT2D eigenvalue weighted by Crippen LogP contribution is -2.32. The second-order valence-electron chi connectivity index (χ2n) is 11.7. The Morgan fingerprint density at radius 2 is 1.64 bits per heavy atom.